The van der Waals surface area contributed by atoms with Gasteiger partial charge in [-0.1, -0.05) is 37.6 Å². The number of nitrogens with zero attached hydrogens (tertiary/aromatic N) is 1. The van der Waals surface area contributed by atoms with Crippen LogP contribution < -0.4 is 10.2 Å². The first kappa shape index (κ1) is 22.2. The Labute approximate surface area is 183 Å². The molecule has 30 heavy (non-hydrogen) atoms. The van der Waals surface area contributed by atoms with Crippen molar-refractivity contribution in [1.82, 2.24) is 5.32 Å². The van der Waals surface area contributed by atoms with Crippen LogP contribution in [0.2, 0.25) is 5.02 Å². The number of esters is 1. The minimum absolute atomic E-state index is 0.121. The quantitative estimate of drug-likeness (QED) is 0.684. The van der Waals surface area contributed by atoms with Gasteiger partial charge in [0.25, 0.3) is 5.91 Å². The third kappa shape index (κ3) is 5.54. The molecule has 6 heteroatoms. The van der Waals surface area contributed by atoms with Crippen LogP contribution in [-0.4, -0.2) is 38.6 Å². The first-order valence-corrected chi connectivity index (χ1v) is 10.7. The summed E-state index contributed by atoms with van der Waals surface area (Å²) >= 11 is 6.20. The van der Waals surface area contributed by atoms with Gasteiger partial charge in [-0.3, -0.25) is 4.79 Å². The number of hydrogen-bond donors (Lipinski definition) is 1. The van der Waals surface area contributed by atoms with Gasteiger partial charge >= 0.3 is 5.97 Å². The summed E-state index contributed by atoms with van der Waals surface area (Å²) < 4.78 is 4.71. The highest BCUT2D eigenvalue weighted by molar-refractivity contribution is 6.31. The summed E-state index contributed by atoms with van der Waals surface area (Å²) in [6.07, 6.45) is 1.88. The van der Waals surface area contributed by atoms with Crippen LogP contribution in [0, 0.1) is 11.8 Å². The van der Waals surface area contributed by atoms with Gasteiger partial charge < -0.3 is 15.0 Å². The Morgan fingerprint density at radius 2 is 1.77 bits per heavy atom. The van der Waals surface area contributed by atoms with Gasteiger partial charge in [-0.2, -0.15) is 0 Å². The topological polar surface area (TPSA) is 58.6 Å². The van der Waals surface area contributed by atoms with Crippen LogP contribution in [0.4, 0.5) is 5.69 Å². The minimum atomic E-state index is -0.357. The zero-order valence-corrected chi connectivity index (χ0v) is 18.5. The molecule has 2 atom stereocenters. The standard InChI is InChI=1S/C24H29ClN2O3/c1-16-12-17(2)15-27(14-16)22-9-8-20(25)13-21(22)23(28)26-11-10-18-4-6-19(7-5-18)24(29)30-3/h4-9,13,16-17H,10-12,14-15H2,1-3H3,(H,26,28)/t16-,17-/m1/s1. The zero-order chi connectivity index (χ0) is 21.7. The summed E-state index contributed by atoms with van der Waals surface area (Å²) in [5, 5.41) is 3.57. The van der Waals surface area contributed by atoms with E-state index in [4.69, 9.17) is 16.3 Å². The maximum Gasteiger partial charge on any atom is 0.337 e. The molecule has 2 aromatic carbocycles. The Balaban J connectivity index is 1.65. The van der Waals surface area contributed by atoms with Gasteiger partial charge in [-0.25, -0.2) is 4.79 Å². The molecule has 0 aliphatic carbocycles. The lowest BCUT2D eigenvalue weighted by Crippen LogP contribution is -2.40. The Kier molecular flexibility index (Phi) is 7.38. The van der Waals surface area contributed by atoms with Crippen LogP contribution in [0.1, 0.15) is 46.5 Å². The predicted molar refractivity (Wildman–Crippen MR) is 120 cm³/mol. The molecule has 0 saturated carbocycles. The van der Waals surface area contributed by atoms with Crippen molar-refractivity contribution in [2.24, 2.45) is 11.8 Å². The fourth-order valence-electron chi connectivity index (χ4n) is 4.17. The number of hydrogen-bond acceptors (Lipinski definition) is 4. The first-order valence-electron chi connectivity index (χ1n) is 10.4. The summed E-state index contributed by atoms with van der Waals surface area (Å²) in [5.74, 6) is 0.704. The summed E-state index contributed by atoms with van der Waals surface area (Å²) in [4.78, 5) is 26.8. The summed E-state index contributed by atoms with van der Waals surface area (Å²) in [6, 6.07) is 12.8. The largest absolute Gasteiger partial charge is 0.465 e. The fraction of sp³-hybridized carbons (Fsp3) is 0.417. The highest BCUT2D eigenvalue weighted by Gasteiger charge is 2.25. The molecule has 1 aliphatic heterocycles. The Bertz CT molecular complexity index is 888. The molecule has 5 nitrogen and oxygen atoms in total. The molecule has 1 N–H and O–H groups in total. The zero-order valence-electron chi connectivity index (χ0n) is 17.8. The molecule has 1 heterocycles. The molecular formula is C24H29ClN2O3. The number of carbonyl (C=O) groups is 2. The normalized spacial score (nSPS) is 18.7. The number of benzene rings is 2. The molecule has 2 aromatic rings. The minimum Gasteiger partial charge on any atom is -0.465 e. The molecule has 1 amide bonds. The van der Waals surface area contributed by atoms with Crippen molar-refractivity contribution in [2.75, 3.05) is 31.6 Å². The average Bonchev–Trinajstić information content (AvgIpc) is 2.72. The van der Waals surface area contributed by atoms with Gasteiger partial charge in [-0.05, 0) is 60.6 Å². The highest BCUT2D eigenvalue weighted by Crippen LogP contribution is 2.30. The van der Waals surface area contributed by atoms with E-state index in [2.05, 4.69) is 24.1 Å². The Morgan fingerprint density at radius 1 is 1.10 bits per heavy atom. The molecule has 0 aromatic heterocycles. The van der Waals surface area contributed by atoms with Crippen molar-refractivity contribution >= 4 is 29.2 Å². The van der Waals surface area contributed by atoms with Gasteiger partial charge in [0.2, 0.25) is 0 Å². The molecule has 1 saturated heterocycles. The van der Waals surface area contributed by atoms with Crippen molar-refractivity contribution < 1.29 is 14.3 Å². The number of anilines is 1. The second kappa shape index (κ2) is 9.98. The number of carbonyl (C=O) groups excluding carboxylic acids is 2. The number of halogens is 1. The SMILES string of the molecule is COC(=O)c1ccc(CCNC(=O)c2cc(Cl)ccc2N2C[C@H](C)C[C@@H](C)C2)cc1. The molecule has 1 aliphatic rings. The molecule has 3 rings (SSSR count). The lowest BCUT2D eigenvalue weighted by molar-refractivity contribution is 0.0600. The third-order valence-electron chi connectivity index (χ3n) is 5.49. The summed E-state index contributed by atoms with van der Waals surface area (Å²) in [5.41, 5.74) is 3.11. The first-order chi connectivity index (χ1) is 14.4. The molecular weight excluding hydrogens is 400 g/mol. The second-order valence-electron chi connectivity index (χ2n) is 8.21. The lowest BCUT2D eigenvalue weighted by Gasteiger charge is -2.37. The molecule has 0 unspecified atom stereocenters. The maximum atomic E-state index is 12.9. The Morgan fingerprint density at radius 3 is 2.40 bits per heavy atom. The monoisotopic (exact) mass is 428 g/mol. The van der Waals surface area contributed by atoms with Crippen molar-refractivity contribution in [2.45, 2.75) is 26.7 Å². The third-order valence-corrected chi connectivity index (χ3v) is 5.72. The lowest BCUT2D eigenvalue weighted by atomic mass is 9.91. The average molecular weight is 429 g/mol. The van der Waals surface area contributed by atoms with Crippen LogP contribution in [0.3, 0.4) is 0 Å². The van der Waals surface area contributed by atoms with Crippen LogP contribution in [0.5, 0.6) is 0 Å². The maximum absolute atomic E-state index is 12.9. The number of nitrogens with one attached hydrogen (secondary N) is 1. The molecule has 0 radical (unpaired) electrons. The van der Waals surface area contributed by atoms with Gasteiger partial charge in [0.15, 0.2) is 0 Å². The Hall–Kier alpha value is -2.53. The van der Waals surface area contributed by atoms with Crippen molar-refractivity contribution in [1.29, 1.82) is 0 Å². The predicted octanol–water partition coefficient (Wildman–Crippen LogP) is 4.58. The van der Waals surface area contributed by atoms with Gasteiger partial charge in [0, 0.05) is 30.3 Å². The number of rotatable bonds is 6. The number of methoxy groups -OCH3 is 1. The van der Waals surface area contributed by atoms with Gasteiger partial charge in [0.05, 0.1) is 18.2 Å². The van der Waals surface area contributed by atoms with Crippen LogP contribution in [0.25, 0.3) is 0 Å². The van der Waals surface area contributed by atoms with E-state index in [-0.39, 0.29) is 11.9 Å². The van der Waals surface area contributed by atoms with E-state index >= 15 is 0 Å². The number of amides is 1. The molecule has 0 spiro atoms. The van der Waals surface area contributed by atoms with E-state index in [1.54, 1.807) is 18.2 Å². The second-order valence-corrected chi connectivity index (χ2v) is 8.64. The molecule has 0 bridgehead atoms. The summed E-state index contributed by atoms with van der Waals surface area (Å²) in [7, 11) is 1.36. The van der Waals surface area contributed by atoms with E-state index in [1.807, 2.05) is 24.3 Å². The van der Waals surface area contributed by atoms with Crippen molar-refractivity contribution in [3.05, 3.63) is 64.2 Å². The summed E-state index contributed by atoms with van der Waals surface area (Å²) in [6.45, 7) is 6.89. The number of ether oxygens (including phenoxy) is 1. The van der Waals surface area contributed by atoms with Crippen LogP contribution in [0.15, 0.2) is 42.5 Å². The molecule has 160 valence electrons. The highest BCUT2D eigenvalue weighted by atomic mass is 35.5. The van der Waals surface area contributed by atoms with Crippen LogP contribution >= 0.6 is 11.6 Å². The van der Waals surface area contributed by atoms with Crippen molar-refractivity contribution in [3.8, 4) is 0 Å². The van der Waals surface area contributed by atoms with Crippen molar-refractivity contribution in [3.63, 3.8) is 0 Å². The van der Waals surface area contributed by atoms with Crippen LogP contribution in [-0.2, 0) is 11.2 Å². The van der Waals surface area contributed by atoms with Gasteiger partial charge in [0.1, 0.15) is 0 Å². The van der Waals surface area contributed by atoms with E-state index < -0.39 is 0 Å². The molecule has 1 fully saturated rings. The van der Waals surface area contributed by atoms with E-state index in [9.17, 15) is 9.59 Å². The van der Waals surface area contributed by atoms with Gasteiger partial charge in [-0.15, -0.1) is 0 Å². The van der Waals surface area contributed by atoms with E-state index in [1.165, 1.54) is 13.5 Å². The van der Waals surface area contributed by atoms with E-state index in [0.29, 0.717) is 41.0 Å². The fourth-order valence-corrected chi connectivity index (χ4v) is 4.34. The smallest absolute Gasteiger partial charge is 0.337 e. The van der Waals surface area contributed by atoms with E-state index in [0.717, 1.165) is 24.3 Å². The number of piperidine rings is 1.